The Labute approximate surface area is 238 Å². The van der Waals surface area contributed by atoms with Gasteiger partial charge in [0.05, 0.1) is 27.8 Å². The number of hydrogen-bond donors (Lipinski definition) is 0. The predicted octanol–water partition coefficient (Wildman–Crippen LogP) is 10.2. The lowest BCUT2D eigenvalue weighted by Crippen LogP contribution is -2.14. The van der Waals surface area contributed by atoms with E-state index in [0.29, 0.717) is 0 Å². The minimum absolute atomic E-state index is 0.0353. The van der Waals surface area contributed by atoms with Crippen molar-refractivity contribution < 1.29 is 0 Å². The first kappa shape index (κ1) is 22.7. The molecule has 2 heterocycles. The van der Waals surface area contributed by atoms with Crippen molar-refractivity contribution in [3.63, 3.8) is 0 Å². The minimum Gasteiger partial charge on any atom is -0.309 e. The van der Waals surface area contributed by atoms with Gasteiger partial charge >= 0.3 is 0 Å². The highest BCUT2D eigenvalue weighted by molar-refractivity contribution is 6.17. The Morgan fingerprint density at radius 1 is 0.439 bits per heavy atom. The lowest BCUT2D eigenvalue weighted by molar-refractivity contribution is 0.661. The minimum atomic E-state index is -0.0353. The largest absolute Gasteiger partial charge is 0.309 e. The molecule has 0 N–H and O–H groups in total. The molecular weight excluding hydrogens is 496 g/mol. The monoisotopic (exact) mass is 524 g/mol. The summed E-state index contributed by atoms with van der Waals surface area (Å²) in [6, 6.07) is 49.0. The van der Waals surface area contributed by atoms with Gasteiger partial charge in [0.1, 0.15) is 0 Å². The summed E-state index contributed by atoms with van der Waals surface area (Å²) in [4.78, 5) is 0. The molecule has 0 spiro atoms. The summed E-state index contributed by atoms with van der Waals surface area (Å²) in [5, 5.41) is 5.14. The normalized spacial score (nSPS) is 13.8. The second kappa shape index (κ2) is 7.99. The predicted molar refractivity (Wildman–Crippen MR) is 173 cm³/mol. The molecule has 0 aliphatic heterocycles. The van der Waals surface area contributed by atoms with Crippen LogP contribution in [0.25, 0.3) is 66.1 Å². The van der Waals surface area contributed by atoms with Gasteiger partial charge in [-0.05, 0) is 70.8 Å². The molecule has 8 aromatic rings. The molecule has 1 aliphatic carbocycles. The highest BCUT2D eigenvalue weighted by Gasteiger charge is 2.36. The van der Waals surface area contributed by atoms with E-state index in [1.54, 1.807) is 0 Å². The number of rotatable bonds is 2. The van der Waals surface area contributed by atoms with Crippen molar-refractivity contribution in [3.8, 4) is 22.5 Å². The third-order valence-corrected chi connectivity index (χ3v) is 9.31. The van der Waals surface area contributed by atoms with Crippen molar-refractivity contribution in [2.24, 2.45) is 0 Å². The van der Waals surface area contributed by atoms with Crippen LogP contribution in [0.15, 0.2) is 133 Å². The Kier molecular flexibility index (Phi) is 4.42. The number of nitrogens with zero attached hydrogens (tertiary/aromatic N) is 2. The van der Waals surface area contributed by atoms with Crippen molar-refractivity contribution in [1.82, 2.24) is 9.13 Å². The van der Waals surface area contributed by atoms with Crippen molar-refractivity contribution in [2.45, 2.75) is 19.3 Å². The highest BCUT2D eigenvalue weighted by Crippen LogP contribution is 2.51. The maximum atomic E-state index is 2.50. The van der Waals surface area contributed by atoms with E-state index in [0.717, 1.165) is 0 Å². The van der Waals surface area contributed by atoms with E-state index in [9.17, 15) is 0 Å². The fourth-order valence-electron chi connectivity index (χ4n) is 7.46. The van der Waals surface area contributed by atoms with Crippen LogP contribution in [0.3, 0.4) is 0 Å². The molecule has 0 amide bonds. The van der Waals surface area contributed by atoms with Crippen LogP contribution in [0, 0.1) is 0 Å². The third kappa shape index (κ3) is 2.92. The topological polar surface area (TPSA) is 9.86 Å². The van der Waals surface area contributed by atoms with Crippen LogP contribution < -0.4 is 0 Å². The van der Waals surface area contributed by atoms with Crippen LogP contribution in [-0.2, 0) is 5.41 Å². The van der Waals surface area contributed by atoms with Crippen molar-refractivity contribution in [1.29, 1.82) is 0 Å². The average Bonchev–Trinajstić information content (AvgIpc) is 3.60. The van der Waals surface area contributed by atoms with E-state index in [-0.39, 0.29) is 5.41 Å². The maximum Gasteiger partial charge on any atom is 0.0562 e. The molecule has 2 nitrogen and oxygen atoms in total. The Balaban J connectivity index is 1.45. The number of para-hydroxylation sites is 3. The van der Waals surface area contributed by atoms with Gasteiger partial charge in [-0.3, -0.25) is 0 Å². The summed E-state index contributed by atoms with van der Waals surface area (Å²) in [5.41, 5.74) is 12.8. The first-order valence-corrected chi connectivity index (χ1v) is 14.4. The first-order valence-electron chi connectivity index (χ1n) is 14.4. The molecule has 9 rings (SSSR count). The zero-order valence-corrected chi connectivity index (χ0v) is 23.1. The van der Waals surface area contributed by atoms with E-state index in [1.807, 2.05) is 0 Å². The maximum absolute atomic E-state index is 2.50. The summed E-state index contributed by atoms with van der Waals surface area (Å²) in [6.45, 7) is 4.73. The fourth-order valence-corrected chi connectivity index (χ4v) is 7.46. The van der Waals surface area contributed by atoms with Gasteiger partial charge in [-0.15, -0.1) is 0 Å². The van der Waals surface area contributed by atoms with Crippen LogP contribution in [0.5, 0.6) is 0 Å². The van der Waals surface area contributed by atoms with Gasteiger partial charge in [-0.1, -0.05) is 98.8 Å². The van der Waals surface area contributed by atoms with Crippen molar-refractivity contribution in [2.75, 3.05) is 0 Å². The quantitative estimate of drug-likeness (QED) is 0.213. The number of fused-ring (bicyclic) bond motifs is 9. The van der Waals surface area contributed by atoms with Gasteiger partial charge < -0.3 is 9.13 Å². The smallest absolute Gasteiger partial charge is 0.0562 e. The number of aromatic nitrogens is 2. The Morgan fingerprint density at radius 3 is 1.93 bits per heavy atom. The van der Waals surface area contributed by atoms with Gasteiger partial charge in [0.25, 0.3) is 0 Å². The molecule has 2 heteroatoms. The molecule has 194 valence electrons. The fraction of sp³-hybridized carbons (Fsp3) is 0.0769. The SMILES string of the molecule is CC1(C)c2ccccc2-c2cc3c(cc21)c1ccccc1n3-c1cccc2c1c1ccccc1n2-c1ccccc1. The summed E-state index contributed by atoms with van der Waals surface area (Å²) < 4.78 is 4.90. The molecule has 0 unspecified atom stereocenters. The van der Waals surface area contributed by atoms with Crippen LogP contribution in [0.2, 0.25) is 0 Å². The van der Waals surface area contributed by atoms with E-state index in [1.165, 1.54) is 77.2 Å². The van der Waals surface area contributed by atoms with E-state index in [4.69, 9.17) is 0 Å². The Morgan fingerprint density at radius 2 is 1.10 bits per heavy atom. The van der Waals surface area contributed by atoms with Crippen LogP contribution in [0.1, 0.15) is 25.0 Å². The number of benzene rings is 6. The average molecular weight is 525 g/mol. The molecule has 0 saturated heterocycles. The first-order chi connectivity index (χ1) is 20.1. The molecular formula is C39H28N2. The van der Waals surface area contributed by atoms with E-state index >= 15 is 0 Å². The molecule has 0 bridgehead atoms. The second-order valence-corrected chi connectivity index (χ2v) is 11.8. The van der Waals surface area contributed by atoms with E-state index < -0.39 is 0 Å². The number of hydrogen-bond acceptors (Lipinski definition) is 0. The lowest BCUT2D eigenvalue weighted by atomic mass is 9.82. The molecule has 0 saturated carbocycles. The second-order valence-electron chi connectivity index (χ2n) is 11.8. The van der Waals surface area contributed by atoms with Crippen LogP contribution in [-0.4, -0.2) is 9.13 Å². The van der Waals surface area contributed by atoms with Crippen molar-refractivity contribution >= 4 is 43.6 Å². The Hall–Kier alpha value is -5.08. The van der Waals surface area contributed by atoms with Gasteiger partial charge in [0.15, 0.2) is 0 Å². The zero-order chi connectivity index (χ0) is 27.3. The Bertz CT molecular complexity index is 2330. The summed E-state index contributed by atoms with van der Waals surface area (Å²) in [6.07, 6.45) is 0. The standard InChI is InChI=1S/C39H28N2/c1-39(2)31-18-9-6-15-26(31)29-24-37-30(23-32(29)39)27-16-7-10-19-33(27)41(37)36-22-12-21-35-38(36)28-17-8-11-20-34(28)40(35)25-13-4-3-5-14-25/h3-24H,1-2H3. The highest BCUT2D eigenvalue weighted by atomic mass is 15.0. The molecule has 6 aromatic carbocycles. The van der Waals surface area contributed by atoms with Gasteiger partial charge in [0, 0.05) is 32.6 Å². The van der Waals surface area contributed by atoms with Gasteiger partial charge in [-0.25, -0.2) is 0 Å². The molecule has 2 aromatic heterocycles. The van der Waals surface area contributed by atoms with Gasteiger partial charge in [-0.2, -0.15) is 0 Å². The summed E-state index contributed by atoms with van der Waals surface area (Å²) >= 11 is 0. The van der Waals surface area contributed by atoms with Gasteiger partial charge in [0.2, 0.25) is 0 Å². The zero-order valence-electron chi connectivity index (χ0n) is 23.1. The molecule has 0 radical (unpaired) electrons. The third-order valence-electron chi connectivity index (χ3n) is 9.31. The van der Waals surface area contributed by atoms with Crippen molar-refractivity contribution in [3.05, 3.63) is 145 Å². The molecule has 0 atom stereocenters. The van der Waals surface area contributed by atoms with Crippen LogP contribution >= 0.6 is 0 Å². The van der Waals surface area contributed by atoms with Crippen LogP contribution in [0.4, 0.5) is 0 Å². The van der Waals surface area contributed by atoms with E-state index in [2.05, 4.69) is 156 Å². The molecule has 41 heavy (non-hydrogen) atoms. The summed E-state index contributed by atoms with van der Waals surface area (Å²) in [7, 11) is 0. The molecule has 1 aliphatic rings. The lowest BCUT2D eigenvalue weighted by Gasteiger charge is -2.21. The molecule has 0 fully saturated rings. The summed E-state index contributed by atoms with van der Waals surface area (Å²) in [5.74, 6) is 0.